The van der Waals surface area contributed by atoms with Crippen molar-refractivity contribution in [2.24, 2.45) is 0 Å². The number of carbonyl (C=O) groups excluding carboxylic acids is 2. The highest BCUT2D eigenvalue weighted by Crippen LogP contribution is 2.19. The van der Waals surface area contributed by atoms with Gasteiger partial charge in [-0.05, 0) is 46.5 Å². The summed E-state index contributed by atoms with van der Waals surface area (Å²) in [7, 11) is 1.34. The molecule has 3 aromatic carbocycles. The summed E-state index contributed by atoms with van der Waals surface area (Å²) < 4.78 is 4.68. The molecular formula is C24H21NO3. The molecule has 1 amide bonds. The van der Waals surface area contributed by atoms with Gasteiger partial charge in [0.15, 0.2) is 0 Å². The minimum Gasteiger partial charge on any atom is -0.465 e. The van der Waals surface area contributed by atoms with Gasteiger partial charge in [0, 0.05) is 12.1 Å². The summed E-state index contributed by atoms with van der Waals surface area (Å²) in [5.41, 5.74) is 4.85. The highest BCUT2D eigenvalue weighted by molar-refractivity contribution is 5.95. The summed E-state index contributed by atoms with van der Waals surface area (Å²) in [5.74, 6) is -0.545. The maximum Gasteiger partial charge on any atom is 0.337 e. The normalized spacial score (nSPS) is 10.2. The van der Waals surface area contributed by atoms with Gasteiger partial charge in [-0.2, -0.15) is 0 Å². The van der Waals surface area contributed by atoms with Crippen LogP contribution in [0, 0.1) is 0 Å². The molecule has 3 rings (SSSR count). The number of rotatable bonds is 6. The predicted octanol–water partition coefficient (Wildman–Crippen LogP) is 4.58. The van der Waals surface area contributed by atoms with Crippen molar-refractivity contribution < 1.29 is 14.3 Å². The molecule has 3 aromatic rings. The minimum atomic E-state index is -0.385. The lowest BCUT2D eigenvalue weighted by molar-refractivity contribution is 0.0600. The third-order valence-electron chi connectivity index (χ3n) is 4.43. The third-order valence-corrected chi connectivity index (χ3v) is 4.43. The summed E-state index contributed by atoms with van der Waals surface area (Å²) in [6.45, 7) is 4.32. The molecule has 0 fully saturated rings. The van der Waals surface area contributed by atoms with Gasteiger partial charge in [-0.25, -0.2) is 4.79 Å². The number of benzene rings is 3. The third kappa shape index (κ3) is 4.54. The Bertz CT molecular complexity index is 975. The highest BCUT2D eigenvalue weighted by atomic mass is 16.5. The molecule has 0 aromatic heterocycles. The Morgan fingerprint density at radius 2 is 1.32 bits per heavy atom. The summed E-state index contributed by atoms with van der Waals surface area (Å²) in [6.07, 6.45) is 0. The van der Waals surface area contributed by atoms with E-state index in [0.717, 1.165) is 22.3 Å². The standard InChI is InChI=1S/C24H21NO3/c1-17(18-8-14-22(15-9-18)24(27)28-2)16-25-23(26)21-12-10-20(11-13-21)19-6-4-3-5-7-19/h3-15H,1,16H2,2H3,(H,25,26). The molecular weight excluding hydrogens is 350 g/mol. The molecule has 0 radical (unpaired) electrons. The SMILES string of the molecule is C=C(CNC(=O)c1ccc(-c2ccccc2)cc1)c1ccc(C(=O)OC)cc1. The second-order valence-electron chi connectivity index (χ2n) is 6.30. The summed E-state index contributed by atoms with van der Waals surface area (Å²) >= 11 is 0. The maximum atomic E-state index is 12.4. The van der Waals surface area contributed by atoms with Crippen LogP contribution in [-0.2, 0) is 4.74 Å². The van der Waals surface area contributed by atoms with Crippen molar-refractivity contribution in [3.8, 4) is 11.1 Å². The highest BCUT2D eigenvalue weighted by Gasteiger charge is 2.09. The average Bonchev–Trinajstić information content (AvgIpc) is 2.77. The second-order valence-corrected chi connectivity index (χ2v) is 6.30. The van der Waals surface area contributed by atoms with Gasteiger partial charge in [-0.1, -0.05) is 61.2 Å². The number of esters is 1. The first-order chi connectivity index (χ1) is 13.6. The molecule has 1 N–H and O–H groups in total. The fourth-order valence-electron chi connectivity index (χ4n) is 2.80. The Kier molecular flexibility index (Phi) is 6.02. The molecule has 0 bridgehead atoms. The molecule has 0 aliphatic carbocycles. The summed E-state index contributed by atoms with van der Waals surface area (Å²) in [6, 6.07) is 24.4. The molecule has 140 valence electrons. The number of carbonyl (C=O) groups is 2. The largest absolute Gasteiger partial charge is 0.465 e. The van der Waals surface area contributed by atoms with Gasteiger partial charge in [0.05, 0.1) is 12.7 Å². The Labute approximate surface area is 164 Å². The van der Waals surface area contributed by atoms with Gasteiger partial charge >= 0.3 is 5.97 Å². The van der Waals surface area contributed by atoms with Crippen molar-refractivity contribution in [1.29, 1.82) is 0 Å². The van der Waals surface area contributed by atoms with Crippen LogP contribution in [0.1, 0.15) is 26.3 Å². The maximum absolute atomic E-state index is 12.4. The van der Waals surface area contributed by atoms with Crippen molar-refractivity contribution >= 4 is 17.4 Å². The van der Waals surface area contributed by atoms with Crippen molar-refractivity contribution in [3.05, 3.63) is 102 Å². The van der Waals surface area contributed by atoms with Gasteiger partial charge in [0.2, 0.25) is 0 Å². The average molecular weight is 371 g/mol. The summed E-state index contributed by atoms with van der Waals surface area (Å²) in [4.78, 5) is 23.9. The second kappa shape index (κ2) is 8.82. The van der Waals surface area contributed by atoms with Crippen molar-refractivity contribution in [2.75, 3.05) is 13.7 Å². The molecule has 0 spiro atoms. The molecule has 0 unspecified atom stereocenters. The van der Waals surface area contributed by atoms with E-state index in [2.05, 4.69) is 16.6 Å². The first-order valence-corrected chi connectivity index (χ1v) is 8.88. The molecule has 0 aliphatic heterocycles. The number of nitrogens with one attached hydrogen (secondary N) is 1. The first kappa shape index (κ1) is 19.1. The van der Waals surface area contributed by atoms with Crippen molar-refractivity contribution in [2.45, 2.75) is 0 Å². The van der Waals surface area contributed by atoms with E-state index in [-0.39, 0.29) is 11.9 Å². The molecule has 4 nitrogen and oxygen atoms in total. The van der Waals surface area contributed by atoms with Gasteiger partial charge in [-0.15, -0.1) is 0 Å². The topological polar surface area (TPSA) is 55.4 Å². The molecule has 0 heterocycles. The van der Waals surface area contributed by atoms with Crippen LogP contribution in [0.2, 0.25) is 0 Å². The molecule has 4 heteroatoms. The number of hydrogen-bond acceptors (Lipinski definition) is 3. The lowest BCUT2D eigenvalue weighted by Crippen LogP contribution is -2.24. The van der Waals surface area contributed by atoms with E-state index in [1.54, 1.807) is 24.3 Å². The van der Waals surface area contributed by atoms with Crippen LogP contribution in [0.15, 0.2) is 85.4 Å². The van der Waals surface area contributed by atoms with E-state index in [1.165, 1.54) is 7.11 Å². The number of amides is 1. The van der Waals surface area contributed by atoms with E-state index >= 15 is 0 Å². The lowest BCUT2D eigenvalue weighted by atomic mass is 10.0. The first-order valence-electron chi connectivity index (χ1n) is 8.88. The van der Waals surface area contributed by atoms with Crippen LogP contribution in [0.5, 0.6) is 0 Å². The van der Waals surface area contributed by atoms with E-state index in [4.69, 9.17) is 0 Å². The fourth-order valence-corrected chi connectivity index (χ4v) is 2.80. The van der Waals surface area contributed by atoms with Crippen LogP contribution in [0.4, 0.5) is 0 Å². The molecule has 0 saturated heterocycles. The Hall–Kier alpha value is -3.66. The van der Waals surface area contributed by atoms with Gasteiger partial charge in [-0.3, -0.25) is 4.79 Å². The van der Waals surface area contributed by atoms with E-state index in [0.29, 0.717) is 17.7 Å². The van der Waals surface area contributed by atoms with Crippen molar-refractivity contribution in [1.82, 2.24) is 5.32 Å². The van der Waals surface area contributed by atoms with Gasteiger partial charge in [0.1, 0.15) is 0 Å². The smallest absolute Gasteiger partial charge is 0.337 e. The van der Waals surface area contributed by atoms with Gasteiger partial charge in [0.25, 0.3) is 5.91 Å². The van der Waals surface area contributed by atoms with Crippen LogP contribution in [-0.4, -0.2) is 25.5 Å². The zero-order valence-corrected chi connectivity index (χ0v) is 15.6. The monoisotopic (exact) mass is 371 g/mol. The van der Waals surface area contributed by atoms with E-state index in [9.17, 15) is 9.59 Å². The molecule has 0 aliphatic rings. The van der Waals surface area contributed by atoms with Crippen molar-refractivity contribution in [3.63, 3.8) is 0 Å². The fraction of sp³-hybridized carbons (Fsp3) is 0.0833. The molecule has 0 atom stereocenters. The Morgan fingerprint density at radius 1 is 0.786 bits per heavy atom. The van der Waals surface area contributed by atoms with Crippen LogP contribution >= 0.6 is 0 Å². The molecule has 0 saturated carbocycles. The Balaban J connectivity index is 1.59. The number of hydrogen-bond donors (Lipinski definition) is 1. The number of ether oxygens (including phenoxy) is 1. The predicted molar refractivity (Wildman–Crippen MR) is 111 cm³/mol. The van der Waals surface area contributed by atoms with Crippen LogP contribution < -0.4 is 5.32 Å². The molecule has 28 heavy (non-hydrogen) atoms. The minimum absolute atomic E-state index is 0.160. The van der Waals surface area contributed by atoms with Crippen LogP contribution in [0.3, 0.4) is 0 Å². The summed E-state index contributed by atoms with van der Waals surface area (Å²) in [5, 5.41) is 2.87. The van der Waals surface area contributed by atoms with Crippen LogP contribution in [0.25, 0.3) is 16.7 Å². The van der Waals surface area contributed by atoms with Gasteiger partial charge < -0.3 is 10.1 Å². The Morgan fingerprint density at radius 3 is 1.93 bits per heavy atom. The van der Waals surface area contributed by atoms with E-state index < -0.39 is 0 Å². The quantitative estimate of drug-likeness (QED) is 0.645. The zero-order chi connectivity index (χ0) is 19.9. The lowest BCUT2D eigenvalue weighted by Gasteiger charge is -2.10. The van der Waals surface area contributed by atoms with E-state index in [1.807, 2.05) is 54.6 Å². The number of methoxy groups -OCH3 is 1. The zero-order valence-electron chi connectivity index (χ0n) is 15.6.